The lowest BCUT2D eigenvalue weighted by atomic mass is 9.87. The molecular formula is C56H59N7O2. The van der Waals surface area contributed by atoms with Gasteiger partial charge in [0.25, 0.3) is 0 Å². The van der Waals surface area contributed by atoms with Crippen LogP contribution in [-0.4, -0.2) is 54.6 Å². The molecule has 9 heteroatoms. The van der Waals surface area contributed by atoms with Gasteiger partial charge in [0.15, 0.2) is 0 Å². The molecule has 5 heterocycles. The number of fused-ring (bicyclic) bond motifs is 2. The van der Waals surface area contributed by atoms with Crippen LogP contribution >= 0.6 is 0 Å². The van der Waals surface area contributed by atoms with Gasteiger partial charge in [0.2, 0.25) is 11.8 Å². The first kappa shape index (κ1) is 40.3. The van der Waals surface area contributed by atoms with Gasteiger partial charge in [0.1, 0.15) is 11.6 Å². The number of likely N-dealkylation sites (tertiary alicyclic amines) is 2. The Bertz CT molecular complexity index is 2750. The number of hydrogen-bond acceptors (Lipinski definition) is 5. The summed E-state index contributed by atoms with van der Waals surface area (Å²) in [6.07, 6.45) is 9.44. The minimum atomic E-state index is -0.388. The number of nitrogens with zero attached hydrogens (tertiary/aromatic N) is 5. The van der Waals surface area contributed by atoms with Crippen LogP contribution in [0.4, 0.5) is 5.69 Å². The fourth-order valence-electron chi connectivity index (χ4n) is 11.9. The Balaban J connectivity index is 0.840. The third kappa shape index (κ3) is 6.78. The Labute approximate surface area is 381 Å². The van der Waals surface area contributed by atoms with E-state index in [1.807, 2.05) is 36.4 Å². The van der Waals surface area contributed by atoms with E-state index in [0.717, 1.165) is 122 Å². The summed E-state index contributed by atoms with van der Waals surface area (Å²) in [6.45, 7) is 8.35. The predicted molar refractivity (Wildman–Crippen MR) is 257 cm³/mol. The minimum Gasteiger partial charge on any atom is -0.357 e. The van der Waals surface area contributed by atoms with Crippen molar-refractivity contribution in [1.29, 1.82) is 0 Å². The highest BCUT2D eigenvalue weighted by Crippen LogP contribution is 2.53. The van der Waals surface area contributed by atoms with Gasteiger partial charge >= 0.3 is 0 Å². The molecule has 2 saturated carbocycles. The van der Waals surface area contributed by atoms with E-state index in [4.69, 9.17) is 9.97 Å². The molecule has 65 heavy (non-hydrogen) atoms. The summed E-state index contributed by atoms with van der Waals surface area (Å²) in [5.41, 5.74) is 10.5. The first-order chi connectivity index (χ1) is 31.6. The lowest BCUT2D eigenvalue weighted by Gasteiger charge is -2.34. The van der Waals surface area contributed by atoms with E-state index in [2.05, 4.69) is 130 Å². The van der Waals surface area contributed by atoms with Crippen LogP contribution in [0.15, 0.2) is 121 Å². The van der Waals surface area contributed by atoms with E-state index >= 15 is 0 Å². The number of carbonyl (C=O) groups excluding carboxylic acids is 2. The fourth-order valence-corrected chi connectivity index (χ4v) is 11.9. The zero-order valence-electron chi connectivity index (χ0n) is 37.9. The van der Waals surface area contributed by atoms with E-state index in [1.54, 1.807) is 0 Å². The second-order valence-corrected chi connectivity index (χ2v) is 20.8. The van der Waals surface area contributed by atoms with Crippen LogP contribution in [0.5, 0.6) is 0 Å². The molecule has 330 valence electrons. The number of H-pyrrole nitrogens is 2. The van der Waals surface area contributed by atoms with Crippen molar-refractivity contribution < 1.29 is 9.59 Å². The first-order valence-electron chi connectivity index (χ1n) is 24.2. The molecule has 3 aliphatic heterocycles. The molecular weight excluding hydrogens is 803 g/mol. The smallest absolute Gasteiger partial charge is 0.233 e. The SMILES string of the molecule is CC(C)(C)c1ccc(N2C(c3ccc4nc([C@@H]5CCCN5C(=O)C5(c6ccccc6)CC5)[nH]c4c3)CC[C@@H]2c2ccc3nc([C@@H]4CCCN4C(=O)C4(c5ccccc5)CC4)[nH]c3c2)cc1. The van der Waals surface area contributed by atoms with Crippen LogP contribution in [0.3, 0.4) is 0 Å². The summed E-state index contributed by atoms with van der Waals surface area (Å²) in [7, 11) is 0. The molecule has 1 unspecified atom stereocenters. The topological polar surface area (TPSA) is 101 Å². The zero-order valence-corrected chi connectivity index (χ0v) is 37.9. The Morgan fingerprint density at radius 1 is 0.554 bits per heavy atom. The quantitative estimate of drug-likeness (QED) is 0.151. The van der Waals surface area contributed by atoms with Crippen molar-refractivity contribution in [2.24, 2.45) is 0 Å². The number of aromatic nitrogens is 4. The number of anilines is 1. The molecule has 5 fully saturated rings. The molecule has 2 aromatic heterocycles. The third-order valence-electron chi connectivity index (χ3n) is 15.9. The van der Waals surface area contributed by atoms with Gasteiger partial charge in [-0.3, -0.25) is 9.59 Å². The summed E-state index contributed by atoms with van der Waals surface area (Å²) in [6, 6.07) is 43.6. The van der Waals surface area contributed by atoms with Gasteiger partial charge in [-0.2, -0.15) is 0 Å². The number of carbonyl (C=O) groups is 2. The molecule has 5 aromatic carbocycles. The van der Waals surface area contributed by atoms with Crippen LogP contribution in [-0.2, 0) is 25.8 Å². The lowest BCUT2D eigenvalue weighted by Crippen LogP contribution is -2.39. The first-order valence-corrected chi connectivity index (χ1v) is 24.2. The highest BCUT2D eigenvalue weighted by atomic mass is 16.2. The molecule has 2 amide bonds. The molecule has 0 radical (unpaired) electrons. The third-order valence-corrected chi connectivity index (χ3v) is 15.9. The van der Waals surface area contributed by atoms with Gasteiger partial charge < -0.3 is 24.7 Å². The highest BCUT2D eigenvalue weighted by molar-refractivity contribution is 5.93. The van der Waals surface area contributed by atoms with Gasteiger partial charge in [0, 0.05) is 18.8 Å². The largest absolute Gasteiger partial charge is 0.357 e. The van der Waals surface area contributed by atoms with Crippen molar-refractivity contribution in [3.63, 3.8) is 0 Å². The average Bonchev–Trinajstić information content (AvgIpc) is 3.84. The lowest BCUT2D eigenvalue weighted by molar-refractivity contribution is -0.135. The summed E-state index contributed by atoms with van der Waals surface area (Å²) >= 11 is 0. The number of hydrogen-bond donors (Lipinski definition) is 2. The summed E-state index contributed by atoms with van der Waals surface area (Å²) in [5, 5.41) is 0. The average molecular weight is 862 g/mol. The number of nitrogens with one attached hydrogen (secondary N) is 2. The van der Waals surface area contributed by atoms with Crippen molar-refractivity contribution in [2.45, 2.75) is 125 Å². The maximum atomic E-state index is 14.3. The molecule has 7 aromatic rings. The number of aromatic amines is 2. The van der Waals surface area contributed by atoms with Crippen LogP contribution in [0.1, 0.15) is 149 Å². The normalized spacial score (nSPS) is 23.5. The Morgan fingerprint density at radius 2 is 1.00 bits per heavy atom. The number of imidazole rings is 2. The van der Waals surface area contributed by atoms with Crippen LogP contribution in [0, 0.1) is 0 Å². The van der Waals surface area contributed by atoms with Gasteiger partial charge in [-0.1, -0.05) is 106 Å². The standard InChI is InChI=1S/C56H59N7O2/c1-54(2,3)38-20-22-41(23-21-38)63-46(36-18-24-42-44(34-36)59-50(57-42)48-16-10-32-61(48)52(64)55(28-29-55)39-12-6-4-7-13-39)26-27-47(63)37-19-25-43-45(35-37)60-51(58-43)49-17-11-33-62(49)53(65)56(30-31-56)40-14-8-5-9-15-40/h4-9,12-15,18-25,34-35,46-49H,10-11,16-17,26-33H2,1-3H3,(H,57,59)(H,58,60)/t46-,47?,48+,49+/m1/s1. The predicted octanol–water partition coefficient (Wildman–Crippen LogP) is 11.6. The molecule has 3 saturated heterocycles. The van der Waals surface area contributed by atoms with E-state index in [1.165, 1.54) is 22.4 Å². The number of rotatable bonds is 9. The Morgan fingerprint density at radius 3 is 1.42 bits per heavy atom. The Kier molecular flexibility index (Phi) is 9.41. The van der Waals surface area contributed by atoms with Crippen molar-refractivity contribution >= 4 is 39.6 Å². The van der Waals surface area contributed by atoms with Crippen LogP contribution in [0.2, 0.25) is 0 Å². The summed E-state index contributed by atoms with van der Waals surface area (Å²) < 4.78 is 0. The zero-order chi connectivity index (χ0) is 44.1. The van der Waals surface area contributed by atoms with Crippen LogP contribution < -0.4 is 4.90 Å². The second kappa shape index (κ2) is 15.2. The molecule has 9 nitrogen and oxygen atoms in total. The van der Waals surface area contributed by atoms with Gasteiger partial charge in [-0.25, -0.2) is 9.97 Å². The molecule has 4 atom stereocenters. The van der Waals surface area contributed by atoms with Gasteiger partial charge in [0.05, 0.1) is 57.1 Å². The van der Waals surface area contributed by atoms with E-state index in [-0.39, 0.29) is 52.2 Å². The maximum absolute atomic E-state index is 14.3. The fraction of sp³-hybridized carbons (Fsp3) is 0.393. The summed E-state index contributed by atoms with van der Waals surface area (Å²) in [5.74, 6) is 2.29. The van der Waals surface area contributed by atoms with E-state index < -0.39 is 0 Å². The molecule has 0 bridgehead atoms. The molecule has 5 aliphatic rings. The van der Waals surface area contributed by atoms with Gasteiger partial charge in [-0.05, 0) is 134 Å². The van der Waals surface area contributed by atoms with Crippen molar-refractivity contribution in [1.82, 2.24) is 29.7 Å². The summed E-state index contributed by atoms with van der Waals surface area (Å²) in [4.78, 5) is 53.2. The molecule has 12 rings (SSSR count). The highest BCUT2D eigenvalue weighted by Gasteiger charge is 2.56. The van der Waals surface area contributed by atoms with Gasteiger partial charge in [-0.15, -0.1) is 0 Å². The second-order valence-electron chi connectivity index (χ2n) is 20.8. The van der Waals surface area contributed by atoms with Crippen molar-refractivity contribution in [2.75, 3.05) is 18.0 Å². The maximum Gasteiger partial charge on any atom is 0.233 e. The van der Waals surface area contributed by atoms with E-state index in [9.17, 15) is 9.59 Å². The van der Waals surface area contributed by atoms with Crippen molar-refractivity contribution in [3.05, 3.63) is 161 Å². The van der Waals surface area contributed by atoms with Crippen molar-refractivity contribution in [3.8, 4) is 0 Å². The minimum absolute atomic E-state index is 0.0486. The molecule has 0 spiro atoms. The Hall–Kier alpha value is -6.22. The van der Waals surface area contributed by atoms with E-state index in [0.29, 0.717) is 0 Å². The molecule has 2 aliphatic carbocycles. The molecule has 2 N–H and O–H groups in total. The number of amides is 2. The monoisotopic (exact) mass is 861 g/mol. The van der Waals surface area contributed by atoms with Crippen LogP contribution in [0.25, 0.3) is 22.1 Å². The number of benzene rings is 5.